The summed E-state index contributed by atoms with van der Waals surface area (Å²) in [6.45, 7) is 3.61. The van der Waals surface area contributed by atoms with Crippen LogP contribution in [0.25, 0.3) is 11.4 Å². The van der Waals surface area contributed by atoms with E-state index in [1.807, 2.05) is 47.4 Å². The van der Waals surface area contributed by atoms with Crippen LogP contribution in [0.2, 0.25) is 0 Å². The minimum absolute atomic E-state index is 0.172. The smallest absolute Gasteiger partial charge is 0.233 e. The molecule has 0 aliphatic carbocycles. The van der Waals surface area contributed by atoms with Crippen molar-refractivity contribution in [2.45, 2.75) is 43.9 Å². The molecular formula is C24H28N4O2S. The topological polar surface area (TPSA) is 60.3 Å². The number of carbonyl (C=O) groups is 1. The molecule has 3 aromatic rings. The van der Waals surface area contributed by atoms with Crippen LogP contribution in [0.3, 0.4) is 0 Å². The predicted octanol–water partition coefficient (Wildman–Crippen LogP) is 4.50. The van der Waals surface area contributed by atoms with Gasteiger partial charge in [-0.15, -0.1) is 10.2 Å². The normalized spacial score (nSPS) is 16.3. The lowest BCUT2D eigenvalue weighted by molar-refractivity contribution is -0.131. The van der Waals surface area contributed by atoms with Gasteiger partial charge in [0.05, 0.1) is 25.0 Å². The second-order valence-corrected chi connectivity index (χ2v) is 8.74. The van der Waals surface area contributed by atoms with E-state index in [-0.39, 0.29) is 5.91 Å². The van der Waals surface area contributed by atoms with Gasteiger partial charge in [0.25, 0.3) is 0 Å². The second kappa shape index (κ2) is 10.0. The average Bonchev–Trinajstić information content (AvgIpc) is 3.20. The minimum atomic E-state index is 0.172. The summed E-state index contributed by atoms with van der Waals surface area (Å²) in [4.78, 5) is 14.9. The number of amides is 1. The highest BCUT2D eigenvalue weighted by atomic mass is 32.2. The maximum Gasteiger partial charge on any atom is 0.233 e. The first-order valence-electron chi connectivity index (χ1n) is 10.7. The molecule has 4 rings (SSSR count). The number of methoxy groups -OCH3 is 1. The quantitative estimate of drug-likeness (QED) is 0.511. The molecule has 1 aromatic heterocycles. The van der Waals surface area contributed by atoms with Crippen LogP contribution in [0.1, 0.15) is 31.7 Å². The van der Waals surface area contributed by atoms with Gasteiger partial charge in [-0.3, -0.25) is 9.36 Å². The van der Waals surface area contributed by atoms with Crippen molar-refractivity contribution < 1.29 is 9.53 Å². The number of para-hydroxylation sites is 1. The van der Waals surface area contributed by atoms with Crippen molar-refractivity contribution in [3.8, 4) is 17.1 Å². The summed E-state index contributed by atoms with van der Waals surface area (Å²) in [5, 5.41) is 9.67. The Balaban J connectivity index is 1.61. The molecule has 162 valence electrons. The zero-order valence-electron chi connectivity index (χ0n) is 18.0. The Morgan fingerprint density at radius 1 is 1.10 bits per heavy atom. The van der Waals surface area contributed by atoms with E-state index in [4.69, 9.17) is 4.74 Å². The lowest BCUT2D eigenvalue weighted by Crippen LogP contribution is -2.43. The molecule has 6 nitrogen and oxygen atoms in total. The summed E-state index contributed by atoms with van der Waals surface area (Å²) in [7, 11) is 1.66. The Labute approximate surface area is 187 Å². The first-order valence-corrected chi connectivity index (χ1v) is 11.7. The number of hydrogen-bond acceptors (Lipinski definition) is 5. The first-order chi connectivity index (χ1) is 15.2. The van der Waals surface area contributed by atoms with Crippen LogP contribution >= 0.6 is 11.8 Å². The van der Waals surface area contributed by atoms with Crippen LogP contribution in [-0.2, 0) is 11.3 Å². The first kappa shape index (κ1) is 21.4. The highest BCUT2D eigenvalue weighted by molar-refractivity contribution is 7.99. The summed E-state index contributed by atoms with van der Waals surface area (Å²) in [6.07, 6.45) is 3.37. The summed E-state index contributed by atoms with van der Waals surface area (Å²) in [5.41, 5.74) is 2.03. The van der Waals surface area contributed by atoms with Crippen molar-refractivity contribution in [2.75, 3.05) is 19.4 Å². The van der Waals surface area contributed by atoms with Gasteiger partial charge in [0.2, 0.25) is 5.91 Å². The fourth-order valence-corrected chi connectivity index (χ4v) is 4.83. The van der Waals surface area contributed by atoms with Gasteiger partial charge in [0.1, 0.15) is 5.75 Å². The molecular weight excluding hydrogens is 408 g/mol. The monoisotopic (exact) mass is 436 g/mol. The van der Waals surface area contributed by atoms with Crippen LogP contribution < -0.4 is 4.74 Å². The molecule has 1 aliphatic heterocycles. The third kappa shape index (κ3) is 4.93. The van der Waals surface area contributed by atoms with E-state index in [1.54, 1.807) is 7.11 Å². The average molecular weight is 437 g/mol. The molecule has 0 saturated carbocycles. The number of hydrogen-bond donors (Lipinski definition) is 0. The number of ether oxygens (including phenoxy) is 1. The van der Waals surface area contributed by atoms with E-state index >= 15 is 0 Å². The molecule has 1 fully saturated rings. The lowest BCUT2D eigenvalue weighted by atomic mass is 10.0. The van der Waals surface area contributed by atoms with E-state index < -0.39 is 0 Å². The summed E-state index contributed by atoms with van der Waals surface area (Å²) in [6, 6.07) is 18.3. The zero-order chi connectivity index (χ0) is 21.6. The SMILES string of the molecule is COc1ccccc1-c1nnc(SCC(=O)N2CCCCC2C)n1Cc1ccccc1. The van der Waals surface area contributed by atoms with Crippen LogP contribution in [0, 0.1) is 0 Å². The predicted molar refractivity (Wildman–Crippen MR) is 123 cm³/mol. The van der Waals surface area contributed by atoms with Gasteiger partial charge in [-0.2, -0.15) is 0 Å². The third-order valence-corrected chi connectivity index (χ3v) is 6.65. The number of carbonyl (C=O) groups excluding carboxylic acids is 1. The standard InChI is InChI=1S/C24H28N4O2S/c1-18-10-8-9-15-27(18)22(29)17-31-24-26-25-23(20-13-6-7-14-21(20)30-2)28(24)16-19-11-4-3-5-12-19/h3-7,11-14,18H,8-10,15-17H2,1-2H3. The van der Waals surface area contributed by atoms with Crippen molar-refractivity contribution in [1.82, 2.24) is 19.7 Å². The van der Waals surface area contributed by atoms with E-state index in [1.165, 1.54) is 18.2 Å². The van der Waals surface area contributed by atoms with E-state index in [9.17, 15) is 4.79 Å². The fraction of sp³-hybridized carbons (Fsp3) is 0.375. The van der Waals surface area contributed by atoms with Crippen molar-refractivity contribution in [1.29, 1.82) is 0 Å². The molecule has 1 saturated heterocycles. The van der Waals surface area contributed by atoms with E-state index in [0.717, 1.165) is 47.2 Å². The Bertz CT molecular complexity index is 1020. The molecule has 0 spiro atoms. The van der Waals surface area contributed by atoms with Crippen LogP contribution in [-0.4, -0.2) is 51.0 Å². The minimum Gasteiger partial charge on any atom is -0.496 e. The van der Waals surface area contributed by atoms with E-state index in [0.29, 0.717) is 18.3 Å². The molecule has 2 aromatic carbocycles. The Morgan fingerprint density at radius 3 is 2.65 bits per heavy atom. The number of benzene rings is 2. The highest BCUT2D eigenvalue weighted by Crippen LogP contribution is 2.31. The zero-order valence-corrected chi connectivity index (χ0v) is 18.8. The van der Waals surface area contributed by atoms with E-state index in [2.05, 4.69) is 33.8 Å². The maximum atomic E-state index is 12.9. The molecule has 0 N–H and O–H groups in total. The maximum absolute atomic E-state index is 12.9. The molecule has 7 heteroatoms. The molecule has 1 atom stereocenters. The van der Waals surface area contributed by atoms with Gasteiger partial charge in [-0.25, -0.2) is 0 Å². The molecule has 31 heavy (non-hydrogen) atoms. The Morgan fingerprint density at radius 2 is 1.87 bits per heavy atom. The summed E-state index contributed by atoms with van der Waals surface area (Å²) >= 11 is 1.46. The fourth-order valence-electron chi connectivity index (χ4n) is 4.01. The summed E-state index contributed by atoms with van der Waals surface area (Å²) in [5.74, 6) is 2.02. The second-order valence-electron chi connectivity index (χ2n) is 7.80. The van der Waals surface area contributed by atoms with Gasteiger partial charge in [0.15, 0.2) is 11.0 Å². The largest absolute Gasteiger partial charge is 0.496 e. The molecule has 0 bridgehead atoms. The molecule has 1 amide bonds. The highest BCUT2D eigenvalue weighted by Gasteiger charge is 2.24. The van der Waals surface area contributed by atoms with Crippen LogP contribution in [0.4, 0.5) is 0 Å². The number of thioether (sulfide) groups is 1. The molecule has 2 heterocycles. The van der Waals surface area contributed by atoms with Crippen molar-refractivity contribution in [3.05, 3.63) is 60.2 Å². The van der Waals surface area contributed by atoms with Gasteiger partial charge < -0.3 is 9.64 Å². The van der Waals surface area contributed by atoms with Gasteiger partial charge in [0, 0.05) is 12.6 Å². The lowest BCUT2D eigenvalue weighted by Gasteiger charge is -2.33. The third-order valence-electron chi connectivity index (χ3n) is 5.70. The number of rotatable bonds is 7. The van der Waals surface area contributed by atoms with Crippen molar-refractivity contribution in [2.24, 2.45) is 0 Å². The van der Waals surface area contributed by atoms with Crippen LogP contribution in [0.15, 0.2) is 59.8 Å². The van der Waals surface area contributed by atoms with Crippen LogP contribution in [0.5, 0.6) is 5.75 Å². The Kier molecular flexibility index (Phi) is 6.92. The van der Waals surface area contributed by atoms with Gasteiger partial charge in [-0.05, 0) is 43.9 Å². The molecule has 1 unspecified atom stereocenters. The molecule has 0 radical (unpaired) electrons. The van der Waals surface area contributed by atoms with Gasteiger partial charge in [-0.1, -0.05) is 54.2 Å². The van der Waals surface area contributed by atoms with Gasteiger partial charge >= 0.3 is 0 Å². The summed E-state index contributed by atoms with van der Waals surface area (Å²) < 4.78 is 7.63. The number of aromatic nitrogens is 3. The Hall–Kier alpha value is -2.80. The van der Waals surface area contributed by atoms with Crippen molar-refractivity contribution >= 4 is 17.7 Å². The van der Waals surface area contributed by atoms with Crippen molar-refractivity contribution in [3.63, 3.8) is 0 Å². The number of nitrogens with zero attached hydrogens (tertiary/aromatic N) is 4. The molecule has 1 aliphatic rings. The number of likely N-dealkylation sites (tertiary alicyclic amines) is 1. The number of piperidine rings is 1.